The van der Waals surface area contributed by atoms with Crippen molar-refractivity contribution in [1.29, 1.82) is 0 Å². The van der Waals surface area contributed by atoms with Gasteiger partial charge in [-0.1, -0.05) is 23.8 Å². The monoisotopic (exact) mass is 423 g/mol. The molecular formula is C24H21N7O. The second-order valence-electron chi connectivity index (χ2n) is 7.65. The Balaban J connectivity index is 1.41. The number of hydrogen-bond acceptors (Lipinski definition) is 6. The van der Waals surface area contributed by atoms with E-state index in [1.165, 1.54) is 6.33 Å². The summed E-state index contributed by atoms with van der Waals surface area (Å²) in [5.41, 5.74) is 5.17. The number of aromatic amines is 2. The molecule has 0 unspecified atom stereocenters. The van der Waals surface area contributed by atoms with Gasteiger partial charge in [0.1, 0.15) is 6.33 Å². The van der Waals surface area contributed by atoms with Gasteiger partial charge in [-0.15, -0.1) is 0 Å². The first-order valence-electron chi connectivity index (χ1n) is 10.3. The van der Waals surface area contributed by atoms with Crippen LogP contribution in [0.5, 0.6) is 0 Å². The van der Waals surface area contributed by atoms with Gasteiger partial charge in [-0.2, -0.15) is 10.1 Å². The van der Waals surface area contributed by atoms with E-state index < -0.39 is 0 Å². The minimum absolute atomic E-state index is 0.0691. The highest BCUT2D eigenvalue weighted by Crippen LogP contribution is 2.25. The third-order valence-electron chi connectivity index (χ3n) is 5.38. The summed E-state index contributed by atoms with van der Waals surface area (Å²) in [6.07, 6.45) is 5.61. The Morgan fingerprint density at radius 3 is 2.84 bits per heavy atom. The lowest BCUT2D eigenvalue weighted by Gasteiger charge is -2.06. The average Bonchev–Trinajstić information content (AvgIpc) is 3.45. The zero-order valence-corrected chi connectivity index (χ0v) is 17.7. The van der Waals surface area contributed by atoms with Crippen LogP contribution in [-0.2, 0) is 0 Å². The molecule has 0 atom stereocenters. The number of hydrogen-bond donors (Lipinski definition) is 3. The summed E-state index contributed by atoms with van der Waals surface area (Å²) in [5.74, 6) is 1.06. The Kier molecular flexibility index (Phi) is 4.95. The third kappa shape index (κ3) is 3.85. The van der Waals surface area contributed by atoms with Crippen LogP contribution in [0.3, 0.4) is 0 Å². The van der Waals surface area contributed by atoms with Crippen molar-refractivity contribution >= 4 is 39.2 Å². The summed E-state index contributed by atoms with van der Waals surface area (Å²) in [6, 6.07) is 13.6. The summed E-state index contributed by atoms with van der Waals surface area (Å²) in [5, 5.41) is 12.1. The van der Waals surface area contributed by atoms with E-state index in [2.05, 4.69) is 35.5 Å². The van der Waals surface area contributed by atoms with Crippen LogP contribution < -0.4 is 5.32 Å². The number of allylic oxidation sites excluding steroid dienone is 2. The van der Waals surface area contributed by atoms with Crippen LogP contribution >= 0.6 is 0 Å². The molecule has 32 heavy (non-hydrogen) atoms. The van der Waals surface area contributed by atoms with E-state index in [9.17, 15) is 4.79 Å². The Labute approximate surface area is 183 Å². The van der Waals surface area contributed by atoms with Crippen LogP contribution in [-0.4, -0.2) is 35.9 Å². The van der Waals surface area contributed by atoms with Crippen molar-refractivity contribution in [2.75, 3.05) is 5.32 Å². The quantitative estimate of drug-likeness (QED) is 0.256. The molecule has 0 aliphatic rings. The van der Waals surface area contributed by atoms with Crippen LogP contribution in [0.1, 0.15) is 30.8 Å². The highest BCUT2D eigenvalue weighted by atomic mass is 16.1. The van der Waals surface area contributed by atoms with Crippen LogP contribution in [0.25, 0.3) is 33.2 Å². The number of aromatic nitrogens is 6. The molecule has 3 heterocycles. The van der Waals surface area contributed by atoms with Gasteiger partial charge in [-0.3, -0.25) is 9.89 Å². The van der Waals surface area contributed by atoms with Gasteiger partial charge in [-0.25, -0.2) is 9.97 Å². The number of carbonyl (C=O) groups excluding carboxylic acids is 1. The highest BCUT2D eigenvalue weighted by Gasteiger charge is 2.12. The second kappa shape index (κ2) is 8.07. The van der Waals surface area contributed by atoms with E-state index in [1.54, 1.807) is 6.20 Å². The van der Waals surface area contributed by atoms with Crippen LogP contribution in [0.4, 0.5) is 11.6 Å². The largest absolute Gasteiger partial charge is 0.352 e. The topological polar surface area (TPSA) is 112 Å². The molecule has 0 amide bonds. The predicted molar refractivity (Wildman–Crippen MR) is 125 cm³/mol. The summed E-state index contributed by atoms with van der Waals surface area (Å²) in [6.45, 7) is 3.89. The van der Waals surface area contributed by atoms with E-state index in [-0.39, 0.29) is 5.78 Å². The lowest BCUT2D eigenvalue weighted by atomic mass is 10.1. The van der Waals surface area contributed by atoms with E-state index in [0.717, 1.165) is 38.6 Å². The molecule has 0 radical (unpaired) electrons. The van der Waals surface area contributed by atoms with Crippen molar-refractivity contribution < 1.29 is 4.79 Å². The molecule has 0 saturated carbocycles. The molecule has 3 N–H and O–H groups in total. The fourth-order valence-electron chi connectivity index (χ4n) is 3.51. The molecule has 0 aliphatic heterocycles. The number of carbonyl (C=O) groups is 1. The number of ketones is 1. The first-order valence-corrected chi connectivity index (χ1v) is 10.3. The van der Waals surface area contributed by atoms with E-state index in [4.69, 9.17) is 0 Å². The molecule has 0 spiro atoms. The van der Waals surface area contributed by atoms with Gasteiger partial charge in [0.25, 0.3) is 0 Å². The first-order chi connectivity index (χ1) is 15.6. The van der Waals surface area contributed by atoms with E-state index in [0.29, 0.717) is 23.9 Å². The smallest absolute Gasteiger partial charge is 0.230 e. The van der Waals surface area contributed by atoms with Crippen LogP contribution in [0.2, 0.25) is 0 Å². The molecule has 3 aromatic heterocycles. The molecule has 2 aromatic carbocycles. The van der Waals surface area contributed by atoms with Crippen molar-refractivity contribution in [1.82, 2.24) is 30.1 Å². The SMILES string of the molecule is C/C=C(\C)CC(=O)c1cc2ccc(-c3ncnc(Nc4ccc5[nH]ncc5c4)n3)cc2[nH]1. The fraction of sp³-hybridized carbons (Fsp3) is 0.125. The van der Waals surface area contributed by atoms with Gasteiger partial charge in [0.2, 0.25) is 5.95 Å². The van der Waals surface area contributed by atoms with E-state index >= 15 is 0 Å². The fourth-order valence-corrected chi connectivity index (χ4v) is 3.51. The van der Waals surface area contributed by atoms with Gasteiger partial charge >= 0.3 is 0 Å². The maximum absolute atomic E-state index is 12.5. The minimum atomic E-state index is 0.0691. The Morgan fingerprint density at radius 1 is 1.06 bits per heavy atom. The van der Waals surface area contributed by atoms with Crippen molar-refractivity contribution in [3.8, 4) is 11.4 Å². The normalized spacial score (nSPS) is 11.9. The zero-order valence-electron chi connectivity index (χ0n) is 17.7. The molecular weight excluding hydrogens is 402 g/mol. The lowest BCUT2D eigenvalue weighted by Crippen LogP contribution is -2.00. The number of nitrogens with one attached hydrogen (secondary N) is 3. The van der Waals surface area contributed by atoms with Crippen molar-refractivity contribution in [2.45, 2.75) is 20.3 Å². The first kappa shape index (κ1) is 19.6. The van der Waals surface area contributed by atoms with Gasteiger partial charge in [0, 0.05) is 34.0 Å². The zero-order chi connectivity index (χ0) is 22.1. The van der Waals surface area contributed by atoms with Crippen molar-refractivity contribution in [3.05, 3.63) is 72.3 Å². The maximum Gasteiger partial charge on any atom is 0.230 e. The molecule has 5 aromatic rings. The summed E-state index contributed by atoms with van der Waals surface area (Å²) in [4.78, 5) is 28.9. The average molecular weight is 423 g/mol. The molecule has 0 bridgehead atoms. The van der Waals surface area contributed by atoms with Gasteiger partial charge < -0.3 is 10.3 Å². The predicted octanol–water partition coefficient (Wildman–Crippen LogP) is 5.18. The highest BCUT2D eigenvalue weighted by molar-refractivity contribution is 6.01. The van der Waals surface area contributed by atoms with Gasteiger partial charge in [0.15, 0.2) is 11.6 Å². The Bertz CT molecular complexity index is 1480. The number of Topliss-reactive ketones (excluding diaryl/α,β-unsaturated/α-hetero) is 1. The van der Waals surface area contributed by atoms with E-state index in [1.807, 2.05) is 62.4 Å². The van der Waals surface area contributed by atoms with Gasteiger partial charge in [0.05, 0.1) is 17.4 Å². The third-order valence-corrected chi connectivity index (χ3v) is 5.38. The van der Waals surface area contributed by atoms with Crippen LogP contribution in [0, 0.1) is 0 Å². The summed E-state index contributed by atoms with van der Waals surface area (Å²) in [7, 11) is 0. The number of benzene rings is 2. The molecule has 158 valence electrons. The molecule has 0 saturated heterocycles. The van der Waals surface area contributed by atoms with Crippen molar-refractivity contribution in [3.63, 3.8) is 0 Å². The molecule has 8 nitrogen and oxygen atoms in total. The Hall–Kier alpha value is -4.33. The summed E-state index contributed by atoms with van der Waals surface area (Å²) < 4.78 is 0. The molecule has 0 fully saturated rings. The Morgan fingerprint density at radius 2 is 1.97 bits per heavy atom. The second-order valence-corrected chi connectivity index (χ2v) is 7.65. The number of anilines is 2. The standard InChI is InChI=1S/C24H21N7O/c1-3-14(2)8-22(32)21-10-15-4-5-16(11-20(15)29-21)23-25-13-26-24(30-23)28-18-6-7-19-17(9-18)12-27-31-19/h3-7,9-13,29H,8H2,1-2H3,(H,27,31)(H,25,26,28,30)/b14-3+. The minimum Gasteiger partial charge on any atom is -0.352 e. The molecule has 0 aliphatic carbocycles. The number of rotatable bonds is 6. The number of H-pyrrole nitrogens is 2. The summed E-state index contributed by atoms with van der Waals surface area (Å²) >= 11 is 0. The maximum atomic E-state index is 12.5. The lowest BCUT2D eigenvalue weighted by molar-refractivity contribution is 0.0989. The molecule has 8 heteroatoms. The number of nitrogens with zero attached hydrogens (tertiary/aromatic N) is 4. The number of fused-ring (bicyclic) bond motifs is 2. The van der Waals surface area contributed by atoms with Gasteiger partial charge in [-0.05, 0) is 44.2 Å². The van der Waals surface area contributed by atoms with Crippen molar-refractivity contribution in [2.24, 2.45) is 0 Å². The van der Waals surface area contributed by atoms with Crippen LogP contribution in [0.15, 0.2) is 66.6 Å². The molecule has 5 rings (SSSR count).